The Balaban J connectivity index is 1.18. The maximum Gasteiger partial charge on any atom is 0.416 e. The number of halogens is 6. The molecule has 54 heavy (non-hydrogen) atoms. The van der Waals surface area contributed by atoms with Crippen LogP contribution in [0.15, 0.2) is 152 Å². The van der Waals surface area contributed by atoms with E-state index in [1.807, 2.05) is 48.5 Å². The van der Waals surface area contributed by atoms with Gasteiger partial charge in [-0.05, 0) is 78.2 Å². The quantitative estimate of drug-likeness (QED) is 0.166. The third-order valence-corrected chi connectivity index (χ3v) is 9.47. The zero-order chi connectivity index (χ0) is 37.2. The molecule has 0 aliphatic heterocycles. The monoisotopic (exact) mass is 725 g/mol. The van der Waals surface area contributed by atoms with Crippen molar-refractivity contribution in [1.29, 1.82) is 0 Å². The van der Waals surface area contributed by atoms with Crippen LogP contribution in [0.25, 0.3) is 78.2 Å². The van der Waals surface area contributed by atoms with Crippen molar-refractivity contribution >= 4 is 32.7 Å². The smallest absolute Gasteiger partial charge is 0.317 e. The molecule has 5 nitrogen and oxygen atoms in total. The lowest BCUT2D eigenvalue weighted by Crippen LogP contribution is -2.05. The second kappa shape index (κ2) is 12.4. The van der Waals surface area contributed by atoms with Crippen LogP contribution in [0.3, 0.4) is 0 Å². The molecule has 0 unspecified atom stereocenters. The van der Waals surface area contributed by atoms with Crippen LogP contribution >= 0.6 is 0 Å². The summed E-state index contributed by atoms with van der Waals surface area (Å²) in [7, 11) is 0. The maximum atomic E-state index is 13.4. The SMILES string of the molecule is FC(F)(F)c1ccc(-c2nc(-c3ccc(C(F)(F)F)cc3)nc(-c3cccc(-n4c5ccccc5c5cc(-n6ccc7ccccc76)ccc54)c3)n2)cc1. The number of rotatable bonds is 5. The Morgan fingerprint density at radius 3 is 1.59 bits per heavy atom. The van der Waals surface area contributed by atoms with E-state index < -0.39 is 23.5 Å². The summed E-state index contributed by atoms with van der Waals surface area (Å²) in [5, 5.41) is 3.23. The van der Waals surface area contributed by atoms with Gasteiger partial charge in [0, 0.05) is 45.0 Å². The highest BCUT2D eigenvalue weighted by Crippen LogP contribution is 2.37. The van der Waals surface area contributed by atoms with E-state index in [-0.39, 0.29) is 28.6 Å². The van der Waals surface area contributed by atoms with Gasteiger partial charge in [-0.15, -0.1) is 0 Å². The molecule has 0 saturated carbocycles. The van der Waals surface area contributed by atoms with Gasteiger partial charge >= 0.3 is 12.4 Å². The van der Waals surface area contributed by atoms with Gasteiger partial charge < -0.3 is 9.13 Å². The Labute approximate surface area is 303 Å². The van der Waals surface area contributed by atoms with Gasteiger partial charge in [-0.2, -0.15) is 26.3 Å². The minimum Gasteiger partial charge on any atom is -0.317 e. The van der Waals surface area contributed by atoms with Crippen molar-refractivity contribution in [3.8, 4) is 45.5 Å². The molecular weight excluding hydrogens is 700 g/mol. The molecule has 3 aromatic heterocycles. The average Bonchev–Trinajstić information content (AvgIpc) is 3.76. The Morgan fingerprint density at radius 2 is 0.963 bits per heavy atom. The van der Waals surface area contributed by atoms with Gasteiger partial charge in [-0.3, -0.25) is 0 Å². The molecular formula is C43H25F6N5. The molecule has 0 radical (unpaired) electrons. The lowest BCUT2D eigenvalue weighted by atomic mass is 10.1. The second-order valence-corrected chi connectivity index (χ2v) is 12.8. The van der Waals surface area contributed by atoms with Crippen LogP contribution in [-0.4, -0.2) is 24.1 Å². The first-order valence-electron chi connectivity index (χ1n) is 16.8. The fourth-order valence-corrected chi connectivity index (χ4v) is 6.86. The number of hydrogen-bond acceptors (Lipinski definition) is 3. The van der Waals surface area contributed by atoms with Crippen LogP contribution in [0.4, 0.5) is 26.3 Å². The largest absolute Gasteiger partial charge is 0.416 e. The number of hydrogen-bond donors (Lipinski definition) is 0. The summed E-state index contributed by atoms with van der Waals surface area (Å²) in [6.07, 6.45) is -7.03. The van der Waals surface area contributed by atoms with Crippen LogP contribution in [-0.2, 0) is 12.4 Å². The zero-order valence-electron chi connectivity index (χ0n) is 27.9. The first kappa shape index (κ1) is 33.1. The van der Waals surface area contributed by atoms with E-state index >= 15 is 0 Å². The molecule has 264 valence electrons. The molecule has 6 aromatic carbocycles. The molecule has 0 bridgehead atoms. The fourth-order valence-electron chi connectivity index (χ4n) is 6.86. The van der Waals surface area contributed by atoms with Gasteiger partial charge in [-0.25, -0.2) is 15.0 Å². The number of aromatic nitrogens is 5. The molecule has 0 spiro atoms. The van der Waals surface area contributed by atoms with Crippen LogP contribution in [0.2, 0.25) is 0 Å². The fraction of sp³-hybridized carbons (Fsp3) is 0.0465. The molecule has 0 saturated heterocycles. The lowest BCUT2D eigenvalue weighted by Gasteiger charge is -2.13. The molecule has 0 amide bonds. The van der Waals surface area contributed by atoms with Gasteiger partial charge in [0.15, 0.2) is 17.5 Å². The summed E-state index contributed by atoms with van der Waals surface area (Å²) in [5.41, 5.74) is 4.28. The van der Waals surface area contributed by atoms with Crippen LogP contribution in [0.1, 0.15) is 11.1 Å². The number of fused-ring (bicyclic) bond motifs is 4. The predicted molar refractivity (Wildman–Crippen MR) is 197 cm³/mol. The van der Waals surface area contributed by atoms with Crippen LogP contribution in [0, 0.1) is 0 Å². The summed E-state index contributed by atoms with van der Waals surface area (Å²) in [4.78, 5) is 13.8. The Hall–Kier alpha value is -6.75. The third kappa shape index (κ3) is 5.83. The van der Waals surface area contributed by atoms with Gasteiger partial charge in [0.2, 0.25) is 0 Å². The van der Waals surface area contributed by atoms with E-state index in [1.165, 1.54) is 24.3 Å². The zero-order valence-corrected chi connectivity index (χ0v) is 27.9. The van der Waals surface area contributed by atoms with Gasteiger partial charge in [0.05, 0.1) is 27.7 Å². The second-order valence-electron chi connectivity index (χ2n) is 12.8. The molecule has 3 heterocycles. The third-order valence-electron chi connectivity index (χ3n) is 9.47. The first-order chi connectivity index (χ1) is 26.0. The summed E-state index contributed by atoms with van der Waals surface area (Å²) < 4.78 is 84.5. The molecule has 11 heteroatoms. The highest BCUT2D eigenvalue weighted by molar-refractivity contribution is 6.10. The summed E-state index contributed by atoms with van der Waals surface area (Å²) in [6.45, 7) is 0. The minimum absolute atomic E-state index is 0.0657. The number of para-hydroxylation sites is 2. The van der Waals surface area contributed by atoms with Crippen LogP contribution < -0.4 is 0 Å². The van der Waals surface area contributed by atoms with E-state index in [0.717, 1.165) is 68.3 Å². The first-order valence-corrected chi connectivity index (χ1v) is 16.8. The normalized spacial score (nSPS) is 12.3. The van der Waals surface area contributed by atoms with E-state index in [2.05, 4.69) is 72.7 Å². The molecule has 0 atom stereocenters. The van der Waals surface area contributed by atoms with Gasteiger partial charge in [0.25, 0.3) is 0 Å². The predicted octanol–water partition coefficient (Wildman–Crippen LogP) is 12.0. The van der Waals surface area contributed by atoms with Crippen molar-refractivity contribution in [2.24, 2.45) is 0 Å². The van der Waals surface area contributed by atoms with E-state index in [1.54, 1.807) is 6.07 Å². The highest BCUT2D eigenvalue weighted by Gasteiger charge is 2.31. The molecule has 0 aliphatic rings. The molecule has 0 N–H and O–H groups in total. The van der Waals surface area contributed by atoms with E-state index in [0.29, 0.717) is 5.56 Å². The van der Waals surface area contributed by atoms with Crippen molar-refractivity contribution in [2.45, 2.75) is 12.4 Å². The van der Waals surface area contributed by atoms with Gasteiger partial charge in [-0.1, -0.05) is 72.8 Å². The van der Waals surface area contributed by atoms with Crippen molar-refractivity contribution in [3.63, 3.8) is 0 Å². The maximum absolute atomic E-state index is 13.4. The summed E-state index contributed by atoms with van der Waals surface area (Å²) >= 11 is 0. The number of alkyl halides is 6. The number of nitrogens with zero attached hydrogens (tertiary/aromatic N) is 5. The standard InChI is InChI=1S/C43H25F6N5/c44-42(45,46)30-16-12-27(13-17-30)39-50-40(28-14-18-31(19-15-28)43(47,48)49)52-41(51-39)29-7-5-8-33(24-29)54-37-11-4-2-9-34(37)35-25-32(20-21-38(35)54)53-23-22-26-6-1-3-10-36(26)53/h1-25H. The Kier molecular flexibility index (Phi) is 7.63. The van der Waals surface area contributed by atoms with E-state index in [9.17, 15) is 26.3 Å². The molecule has 0 aliphatic carbocycles. The van der Waals surface area contributed by atoms with Crippen molar-refractivity contribution in [3.05, 3.63) is 163 Å². The van der Waals surface area contributed by atoms with Gasteiger partial charge in [0.1, 0.15) is 0 Å². The topological polar surface area (TPSA) is 48.5 Å². The lowest BCUT2D eigenvalue weighted by molar-refractivity contribution is -0.138. The Morgan fingerprint density at radius 1 is 0.407 bits per heavy atom. The molecule has 9 rings (SSSR count). The molecule has 0 fully saturated rings. The Bertz CT molecular complexity index is 2770. The molecule has 9 aromatic rings. The summed E-state index contributed by atoms with van der Waals surface area (Å²) in [5.74, 6) is 0.325. The van der Waals surface area contributed by atoms with E-state index in [4.69, 9.17) is 0 Å². The summed E-state index contributed by atoms with van der Waals surface area (Å²) in [6, 6.07) is 41.0. The number of benzene rings is 6. The minimum atomic E-state index is -4.54. The average molecular weight is 726 g/mol. The van der Waals surface area contributed by atoms with Crippen molar-refractivity contribution < 1.29 is 26.3 Å². The highest BCUT2D eigenvalue weighted by atomic mass is 19.4. The van der Waals surface area contributed by atoms with Crippen LogP contribution in [0.5, 0.6) is 0 Å². The van der Waals surface area contributed by atoms with Crippen molar-refractivity contribution in [2.75, 3.05) is 0 Å². The van der Waals surface area contributed by atoms with Crippen molar-refractivity contribution in [1.82, 2.24) is 24.1 Å².